The van der Waals surface area contributed by atoms with Gasteiger partial charge in [0.05, 0.1) is 0 Å². The van der Waals surface area contributed by atoms with Crippen molar-refractivity contribution in [2.75, 3.05) is 0 Å². The summed E-state index contributed by atoms with van der Waals surface area (Å²) >= 11 is 0. The summed E-state index contributed by atoms with van der Waals surface area (Å²) in [5.41, 5.74) is 7.29. The second kappa shape index (κ2) is 14.3. The van der Waals surface area contributed by atoms with Gasteiger partial charge in [-0.25, -0.2) is 0 Å². The third-order valence-corrected chi connectivity index (χ3v) is 5.70. The maximum absolute atomic E-state index is 11.0. The minimum Gasteiger partial charge on any atom is -0.299 e. The second-order valence-electron chi connectivity index (χ2n) is 8.01. The number of aryl methyl sites for hydroxylation is 1. The molecule has 0 spiro atoms. The normalized spacial score (nSPS) is 11.4. The SMILES string of the molecule is CCCCCCc1c(/C=C/C=O)ccc(CCCCC)c1-c1ccccc1/C=C/C=O. The topological polar surface area (TPSA) is 34.1 Å². The van der Waals surface area contributed by atoms with Gasteiger partial charge < -0.3 is 0 Å². The standard InChI is InChI=1S/C29H36O2/c1-3-5-7-9-18-28-25(17-13-23-31)20-21-26(15-8-6-4-2)29(28)27-19-11-10-14-24(27)16-12-22-30/h10-14,16-17,19-23H,3-9,15,18H2,1-2H3/b16-12+,17-13+. The number of benzene rings is 2. The minimum atomic E-state index is 0.827. The summed E-state index contributed by atoms with van der Waals surface area (Å²) in [7, 11) is 0. The van der Waals surface area contributed by atoms with Crippen LogP contribution in [0.25, 0.3) is 23.3 Å². The lowest BCUT2D eigenvalue weighted by atomic mass is 9.84. The van der Waals surface area contributed by atoms with Gasteiger partial charge in [0.25, 0.3) is 0 Å². The molecule has 0 amide bonds. The highest BCUT2D eigenvalue weighted by atomic mass is 16.1. The van der Waals surface area contributed by atoms with E-state index in [9.17, 15) is 9.59 Å². The van der Waals surface area contributed by atoms with Crippen LogP contribution in [0.15, 0.2) is 48.6 Å². The number of unbranched alkanes of at least 4 members (excludes halogenated alkanes) is 5. The second-order valence-corrected chi connectivity index (χ2v) is 8.01. The third kappa shape index (κ3) is 7.47. The molecule has 2 aromatic carbocycles. The van der Waals surface area contributed by atoms with Gasteiger partial charge in [0.15, 0.2) is 0 Å². The molecule has 0 saturated carbocycles. The molecule has 31 heavy (non-hydrogen) atoms. The van der Waals surface area contributed by atoms with E-state index in [0.717, 1.165) is 49.4 Å². The van der Waals surface area contributed by atoms with Gasteiger partial charge in [-0.15, -0.1) is 0 Å². The zero-order valence-electron chi connectivity index (χ0n) is 19.1. The van der Waals surface area contributed by atoms with Gasteiger partial charge in [0, 0.05) is 0 Å². The fourth-order valence-electron chi connectivity index (χ4n) is 4.13. The molecular weight excluding hydrogens is 380 g/mol. The van der Waals surface area contributed by atoms with E-state index in [0.29, 0.717) is 0 Å². The molecule has 0 saturated heterocycles. The van der Waals surface area contributed by atoms with Crippen LogP contribution < -0.4 is 0 Å². The van der Waals surface area contributed by atoms with Crippen molar-refractivity contribution in [1.29, 1.82) is 0 Å². The zero-order chi connectivity index (χ0) is 22.3. The number of aldehydes is 2. The molecule has 164 valence electrons. The minimum absolute atomic E-state index is 0.827. The van der Waals surface area contributed by atoms with Gasteiger partial charge in [-0.2, -0.15) is 0 Å². The Bertz CT molecular complexity index is 890. The van der Waals surface area contributed by atoms with Crippen molar-refractivity contribution in [1.82, 2.24) is 0 Å². The predicted molar refractivity (Wildman–Crippen MR) is 133 cm³/mol. The maximum atomic E-state index is 11.0. The van der Waals surface area contributed by atoms with Gasteiger partial charge in [0.1, 0.15) is 12.6 Å². The highest BCUT2D eigenvalue weighted by molar-refractivity contribution is 5.86. The zero-order valence-corrected chi connectivity index (χ0v) is 19.1. The Morgan fingerprint density at radius 3 is 2.03 bits per heavy atom. The maximum Gasteiger partial charge on any atom is 0.142 e. The summed E-state index contributed by atoms with van der Waals surface area (Å²) in [6.45, 7) is 4.46. The number of carbonyl (C=O) groups is 2. The lowest BCUT2D eigenvalue weighted by Crippen LogP contribution is -2.02. The van der Waals surface area contributed by atoms with Crippen LogP contribution >= 0.6 is 0 Å². The van der Waals surface area contributed by atoms with E-state index in [1.54, 1.807) is 12.2 Å². The van der Waals surface area contributed by atoms with E-state index < -0.39 is 0 Å². The molecule has 0 aliphatic rings. The number of carbonyl (C=O) groups excluding carboxylic acids is 2. The average Bonchev–Trinajstić information content (AvgIpc) is 2.80. The van der Waals surface area contributed by atoms with Crippen molar-refractivity contribution in [3.63, 3.8) is 0 Å². The van der Waals surface area contributed by atoms with Crippen LogP contribution in [0.3, 0.4) is 0 Å². The highest BCUT2D eigenvalue weighted by Crippen LogP contribution is 2.36. The van der Waals surface area contributed by atoms with Crippen LogP contribution in [-0.4, -0.2) is 12.6 Å². The van der Waals surface area contributed by atoms with Crippen molar-refractivity contribution in [3.8, 4) is 11.1 Å². The van der Waals surface area contributed by atoms with Crippen molar-refractivity contribution < 1.29 is 9.59 Å². The number of hydrogen-bond donors (Lipinski definition) is 0. The Morgan fingerprint density at radius 1 is 0.677 bits per heavy atom. The van der Waals surface area contributed by atoms with E-state index >= 15 is 0 Å². The Kier molecular flexibility index (Phi) is 11.3. The molecule has 0 atom stereocenters. The van der Waals surface area contributed by atoms with Crippen LogP contribution in [0.4, 0.5) is 0 Å². The fraction of sp³-hybridized carbons (Fsp3) is 0.379. The summed E-state index contributed by atoms with van der Waals surface area (Å²) < 4.78 is 0. The number of allylic oxidation sites excluding steroid dienone is 2. The van der Waals surface area contributed by atoms with Gasteiger partial charge in [-0.05, 0) is 71.2 Å². The van der Waals surface area contributed by atoms with E-state index in [2.05, 4.69) is 44.2 Å². The Hall–Kier alpha value is -2.74. The Balaban J connectivity index is 2.66. The lowest BCUT2D eigenvalue weighted by Gasteiger charge is -2.20. The van der Waals surface area contributed by atoms with Crippen LogP contribution in [0, 0.1) is 0 Å². The van der Waals surface area contributed by atoms with Crippen LogP contribution in [0.5, 0.6) is 0 Å². The smallest absolute Gasteiger partial charge is 0.142 e. The first-order valence-corrected chi connectivity index (χ1v) is 11.7. The molecule has 2 heteroatoms. The molecular formula is C29H36O2. The van der Waals surface area contributed by atoms with Crippen molar-refractivity contribution in [2.45, 2.75) is 71.6 Å². The summed E-state index contributed by atoms with van der Waals surface area (Å²) in [5.74, 6) is 0. The molecule has 0 N–H and O–H groups in total. The third-order valence-electron chi connectivity index (χ3n) is 5.70. The molecule has 0 aromatic heterocycles. The van der Waals surface area contributed by atoms with E-state index in [1.807, 2.05) is 18.2 Å². The molecule has 0 aliphatic heterocycles. The van der Waals surface area contributed by atoms with Crippen molar-refractivity contribution in [3.05, 3.63) is 70.8 Å². The van der Waals surface area contributed by atoms with Crippen molar-refractivity contribution >= 4 is 24.7 Å². The quantitative estimate of drug-likeness (QED) is 0.180. The molecule has 2 aromatic rings. The summed E-state index contributed by atoms with van der Waals surface area (Å²) in [6.07, 6.45) is 19.0. The molecule has 0 bridgehead atoms. The lowest BCUT2D eigenvalue weighted by molar-refractivity contribution is -0.104. The number of hydrogen-bond acceptors (Lipinski definition) is 2. The van der Waals surface area contributed by atoms with Crippen LogP contribution in [0.2, 0.25) is 0 Å². The predicted octanol–water partition coefficient (Wildman–Crippen LogP) is 7.63. The summed E-state index contributed by atoms with van der Waals surface area (Å²) in [4.78, 5) is 22.0. The fourth-order valence-corrected chi connectivity index (χ4v) is 4.13. The van der Waals surface area contributed by atoms with Gasteiger partial charge in [-0.3, -0.25) is 9.59 Å². The molecule has 2 nitrogen and oxygen atoms in total. The first-order valence-electron chi connectivity index (χ1n) is 11.7. The Morgan fingerprint density at radius 2 is 1.32 bits per heavy atom. The Labute approximate surface area is 188 Å². The van der Waals surface area contributed by atoms with E-state index in [4.69, 9.17) is 0 Å². The summed E-state index contributed by atoms with van der Waals surface area (Å²) in [5, 5.41) is 0. The van der Waals surface area contributed by atoms with Gasteiger partial charge in [0.2, 0.25) is 0 Å². The molecule has 0 unspecified atom stereocenters. The van der Waals surface area contributed by atoms with Crippen molar-refractivity contribution in [2.24, 2.45) is 0 Å². The molecule has 0 heterocycles. The largest absolute Gasteiger partial charge is 0.299 e. The number of rotatable bonds is 14. The van der Waals surface area contributed by atoms with Crippen LogP contribution in [0.1, 0.15) is 81.0 Å². The molecule has 0 fully saturated rings. The monoisotopic (exact) mass is 416 g/mol. The van der Waals surface area contributed by atoms with E-state index in [-0.39, 0.29) is 0 Å². The van der Waals surface area contributed by atoms with Gasteiger partial charge in [-0.1, -0.05) is 94.5 Å². The first kappa shape index (κ1) is 24.5. The van der Waals surface area contributed by atoms with Gasteiger partial charge >= 0.3 is 0 Å². The summed E-state index contributed by atoms with van der Waals surface area (Å²) in [6, 6.07) is 12.7. The molecule has 0 aliphatic carbocycles. The highest BCUT2D eigenvalue weighted by Gasteiger charge is 2.16. The first-order chi connectivity index (χ1) is 15.3. The average molecular weight is 417 g/mol. The van der Waals surface area contributed by atoms with E-state index in [1.165, 1.54) is 54.4 Å². The molecule has 2 rings (SSSR count). The molecule has 0 radical (unpaired) electrons. The van der Waals surface area contributed by atoms with Crippen LogP contribution in [-0.2, 0) is 22.4 Å².